The molecule has 6 atom stereocenters. The van der Waals surface area contributed by atoms with Crippen molar-refractivity contribution in [1.82, 2.24) is 0 Å². The van der Waals surface area contributed by atoms with E-state index in [2.05, 4.69) is 31.2 Å². The van der Waals surface area contributed by atoms with Gasteiger partial charge in [-0.25, -0.2) is 0 Å². The van der Waals surface area contributed by atoms with Crippen molar-refractivity contribution in [2.75, 3.05) is 13.2 Å². The number of hydrogen-bond acceptors (Lipinski definition) is 6. The molecule has 6 unspecified atom stereocenters. The standard InChI is InChI=1S/C25H31ClO6/c1-2-14-3-5-15(6-4-14)9-17-10-19-18(11-20(17)26)16(7-8-27)12-25(19)24(31)23(30)22(29)21(13-28)32-25/h3-6,10-11,16,21-24,27-31H,2,7-9,12-13H2,1H3. The molecule has 32 heavy (non-hydrogen) atoms. The second-order valence-electron chi connectivity index (χ2n) is 8.95. The van der Waals surface area contributed by atoms with E-state index in [1.807, 2.05) is 12.1 Å². The lowest BCUT2D eigenvalue weighted by Gasteiger charge is -2.47. The molecule has 1 heterocycles. The predicted octanol–water partition coefficient (Wildman–Crippen LogP) is 2.03. The zero-order valence-electron chi connectivity index (χ0n) is 18.1. The van der Waals surface area contributed by atoms with Crippen LogP contribution in [0.25, 0.3) is 0 Å². The molecule has 0 amide bonds. The van der Waals surface area contributed by atoms with E-state index in [4.69, 9.17) is 16.3 Å². The number of aliphatic hydroxyl groups excluding tert-OH is 5. The van der Waals surface area contributed by atoms with Crippen LogP contribution in [0.4, 0.5) is 0 Å². The number of halogens is 1. The van der Waals surface area contributed by atoms with E-state index in [-0.39, 0.29) is 12.5 Å². The minimum Gasteiger partial charge on any atom is -0.396 e. The molecular formula is C25H31ClO6. The Morgan fingerprint density at radius 3 is 2.34 bits per heavy atom. The molecule has 0 radical (unpaired) electrons. The quantitative estimate of drug-likeness (QED) is 0.449. The van der Waals surface area contributed by atoms with Gasteiger partial charge in [-0.05, 0) is 65.5 Å². The highest BCUT2D eigenvalue weighted by molar-refractivity contribution is 6.31. The first-order valence-electron chi connectivity index (χ1n) is 11.2. The molecule has 1 aliphatic carbocycles. The van der Waals surface area contributed by atoms with Gasteiger partial charge in [-0.3, -0.25) is 0 Å². The Morgan fingerprint density at radius 1 is 1.03 bits per heavy atom. The van der Waals surface area contributed by atoms with Gasteiger partial charge in [0.2, 0.25) is 0 Å². The maximum absolute atomic E-state index is 11.0. The number of benzene rings is 2. The predicted molar refractivity (Wildman–Crippen MR) is 121 cm³/mol. The van der Waals surface area contributed by atoms with Crippen LogP contribution in [0, 0.1) is 0 Å². The summed E-state index contributed by atoms with van der Waals surface area (Å²) in [6.45, 7) is 1.57. The van der Waals surface area contributed by atoms with Gasteiger partial charge < -0.3 is 30.3 Å². The van der Waals surface area contributed by atoms with Crippen molar-refractivity contribution in [3.8, 4) is 0 Å². The third kappa shape index (κ3) is 3.99. The van der Waals surface area contributed by atoms with Crippen molar-refractivity contribution >= 4 is 11.6 Å². The van der Waals surface area contributed by atoms with E-state index in [9.17, 15) is 25.5 Å². The van der Waals surface area contributed by atoms with Gasteiger partial charge in [0.25, 0.3) is 0 Å². The Kier molecular flexibility index (Phi) is 6.94. The lowest BCUT2D eigenvalue weighted by molar-refractivity contribution is -0.279. The molecule has 7 heteroatoms. The van der Waals surface area contributed by atoms with Crippen LogP contribution in [0.5, 0.6) is 0 Å². The first-order chi connectivity index (χ1) is 15.3. The van der Waals surface area contributed by atoms with E-state index in [0.29, 0.717) is 29.8 Å². The summed E-state index contributed by atoms with van der Waals surface area (Å²) in [4.78, 5) is 0. The smallest absolute Gasteiger partial charge is 0.123 e. The van der Waals surface area contributed by atoms with E-state index in [0.717, 1.165) is 23.1 Å². The van der Waals surface area contributed by atoms with Crippen LogP contribution in [0.2, 0.25) is 5.02 Å². The van der Waals surface area contributed by atoms with E-state index < -0.39 is 36.6 Å². The largest absolute Gasteiger partial charge is 0.396 e. The highest BCUT2D eigenvalue weighted by Crippen LogP contribution is 2.54. The molecule has 1 saturated heterocycles. The van der Waals surface area contributed by atoms with Gasteiger partial charge in [0, 0.05) is 11.6 Å². The van der Waals surface area contributed by atoms with Crippen molar-refractivity contribution in [3.05, 3.63) is 69.2 Å². The van der Waals surface area contributed by atoms with Gasteiger partial charge in [-0.1, -0.05) is 48.9 Å². The third-order valence-corrected chi connectivity index (χ3v) is 7.39. The Labute approximate surface area is 193 Å². The van der Waals surface area contributed by atoms with Crippen molar-refractivity contribution < 1.29 is 30.3 Å². The van der Waals surface area contributed by atoms with Crippen LogP contribution >= 0.6 is 11.6 Å². The zero-order chi connectivity index (χ0) is 23.0. The van der Waals surface area contributed by atoms with Crippen LogP contribution in [-0.2, 0) is 23.2 Å². The molecule has 1 aliphatic heterocycles. The zero-order valence-corrected chi connectivity index (χ0v) is 18.9. The van der Waals surface area contributed by atoms with Crippen molar-refractivity contribution in [2.24, 2.45) is 0 Å². The van der Waals surface area contributed by atoms with Gasteiger partial charge in [0.15, 0.2) is 0 Å². The van der Waals surface area contributed by atoms with Crippen LogP contribution in [0.3, 0.4) is 0 Å². The molecule has 4 rings (SSSR count). The third-order valence-electron chi connectivity index (χ3n) is 7.04. The average Bonchev–Trinajstić information content (AvgIpc) is 3.09. The summed E-state index contributed by atoms with van der Waals surface area (Å²) < 4.78 is 6.12. The van der Waals surface area contributed by atoms with Crippen molar-refractivity contribution in [1.29, 1.82) is 0 Å². The van der Waals surface area contributed by atoms with Crippen LogP contribution in [0.15, 0.2) is 36.4 Å². The summed E-state index contributed by atoms with van der Waals surface area (Å²) >= 11 is 6.66. The molecule has 2 aliphatic rings. The topological polar surface area (TPSA) is 110 Å². The summed E-state index contributed by atoms with van der Waals surface area (Å²) in [5.74, 6) is -0.137. The Balaban J connectivity index is 1.77. The highest BCUT2D eigenvalue weighted by Gasteiger charge is 2.58. The molecule has 2 aromatic carbocycles. The average molecular weight is 463 g/mol. The molecule has 6 nitrogen and oxygen atoms in total. The SMILES string of the molecule is CCc1ccc(Cc2cc3c(cc2Cl)C(CCO)CC32OC(CO)C(O)C(O)C2O)cc1. The van der Waals surface area contributed by atoms with Gasteiger partial charge >= 0.3 is 0 Å². The second kappa shape index (κ2) is 9.39. The van der Waals surface area contributed by atoms with Gasteiger partial charge in [-0.15, -0.1) is 0 Å². The summed E-state index contributed by atoms with van der Waals surface area (Å²) in [7, 11) is 0. The summed E-state index contributed by atoms with van der Waals surface area (Å²) in [5, 5.41) is 51.8. The minimum atomic E-state index is -1.47. The maximum Gasteiger partial charge on any atom is 0.123 e. The first-order valence-corrected chi connectivity index (χ1v) is 11.6. The molecule has 0 bridgehead atoms. The van der Waals surface area contributed by atoms with Crippen molar-refractivity contribution in [3.63, 3.8) is 0 Å². The summed E-state index contributed by atoms with van der Waals surface area (Å²) in [6.07, 6.45) is -2.98. The lowest BCUT2D eigenvalue weighted by atomic mass is 9.79. The summed E-state index contributed by atoms with van der Waals surface area (Å²) in [6, 6.07) is 12.1. The summed E-state index contributed by atoms with van der Waals surface area (Å²) in [5.41, 5.74) is 3.45. The van der Waals surface area contributed by atoms with Gasteiger partial charge in [-0.2, -0.15) is 0 Å². The van der Waals surface area contributed by atoms with Gasteiger partial charge in [0.05, 0.1) is 6.61 Å². The monoisotopic (exact) mass is 462 g/mol. The Morgan fingerprint density at radius 2 is 1.72 bits per heavy atom. The second-order valence-corrected chi connectivity index (χ2v) is 9.35. The maximum atomic E-state index is 11.0. The Bertz CT molecular complexity index is 946. The number of ether oxygens (including phenoxy) is 1. The van der Waals surface area contributed by atoms with Crippen LogP contribution in [-0.4, -0.2) is 63.2 Å². The lowest BCUT2D eigenvalue weighted by Crippen LogP contribution is -2.62. The van der Waals surface area contributed by atoms with E-state index in [1.54, 1.807) is 0 Å². The molecule has 0 aromatic heterocycles. The number of rotatable bonds is 6. The van der Waals surface area contributed by atoms with E-state index >= 15 is 0 Å². The number of hydrogen-bond donors (Lipinski definition) is 5. The molecule has 2 aromatic rings. The van der Waals surface area contributed by atoms with Gasteiger partial charge in [0.1, 0.15) is 30.0 Å². The molecule has 1 fully saturated rings. The van der Waals surface area contributed by atoms with Crippen LogP contribution in [0.1, 0.15) is 53.5 Å². The molecule has 1 spiro atoms. The highest BCUT2D eigenvalue weighted by atomic mass is 35.5. The number of fused-ring (bicyclic) bond motifs is 2. The van der Waals surface area contributed by atoms with Crippen molar-refractivity contribution in [2.45, 2.75) is 68.5 Å². The normalized spacial score (nSPS) is 31.8. The fraction of sp³-hybridized carbons (Fsp3) is 0.520. The Hall–Kier alpha value is -1.51. The number of aryl methyl sites for hydroxylation is 1. The van der Waals surface area contributed by atoms with Crippen LogP contribution < -0.4 is 0 Å². The number of aliphatic hydroxyl groups is 5. The first kappa shape index (κ1) is 23.6. The molecular weight excluding hydrogens is 432 g/mol. The molecule has 0 saturated carbocycles. The molecule has 174 valence electrons. The van der Waals surface area contributed by atoms with E-state index in [1.165, 1.54) is 5.56 Å². The fourth-order valence-electron chi connectivity index (χ4n) is 5.21. The fourth-order valence-corrected chi connectivity index (χ4v) is 5.45. The minimum absolute atomic E-state index is 0.0476. The molecule has 5 N–H and O–H groups in total.